The second-order valence-electron chi connectivity index (χ2n) is 11.8. The number of anilines is 2. The highest BCUT2D eigenvalue weighted by atomic mass is 35.5. The molecule has 1 aliphatic heterocycles. The largest absolute Gasteiger partial charge is 0.376 e. The summed E-state index contributed by atoms with van der Waals surface area (Å²) in [6, 6.07) is 20.5. The Balaban J connectivity index is 1.46. The third-order valence-electron chi connectivity index (χ3n) is 7.53. The van der Waals surface area contributed by atoms with Gasteiger partial charge in [0.1, 0.15) is 11.9 Å². The first kappa shape index (κ1) is 26.6. The second-order valence-corrected chi connectivity index (χ2v) is 12.2. The molecule has 214 valence electrons. The van der Waals surface area contributed by atoms with E-state index in [0.29, 0.717) is 50.2 Å². The number of fused-ring (bicyclic) bond motifs is 1. The molecule has 3 aromatic carbocycles. The quantitative estimate of drug-likeness (QED) is 0.170. The predicted octanol–water partition coefficient (Wildman–Crippen LogP) is 7.58. The number of nitrogens with zero attached hydrogens (tertiary/aromatic N) is 3. The van der Waals surface area contributed by atoms with Gasteiger partial charge in [0.15, 0.2) is 0 Å². The first-order valence-electron chi connectivity index (χ1n) is 14.5. The van der Waals surface area contributed by atoms with Crippen LogP contribution in [0.25, 0.3) is 10.9 Å². The van der Waals surface area contributed by atoms with Crippen molar-refractivity contribution < 1.29 is 5.76 Å². The lowest BCUT2D eigenvalue weighted by Gasteiger charge is -2.33. The number of hydrogen-bond acceptors (Lipinski definition) is 7. The summed E-state index contributed by atoms with van der Waals surface area (Å²) in [6.07, 6.45) is 5.54. The van der Waals surface area contributed by atoms with Crippen molar-refractivity contribution in [2.45, 2.75) is 51.7 Å². The smallest absolute Gasteiger partial charge is 0.123 e. The molecule has 1 aliphatic carbocycles. The van der Waals surface area contributed by atoms with E-state index in [4.69, 9.17) is 11.6 Å². The van der Waals surface area contributed by atoms with Gasteiger partial charge in [-0.3, -0.25) is 9.99 Å². The number of hydrazine groups is 2. The first-order chi connectivity index (χ1) is 20.6. The molecule has 9 heteroatoms. The van der Waals surface area contributed by atoms with Gasteiger partial charge < -0.3 is 16.1 Å². The molecular formula is C33H33ClFN7. The number of halogens is 2. The van der Waals surface area contributed by atoms with Crippen molar-refractivity contribution in [2.75, 3.05) is 10.6 Å². The van der Waals surface area contributed by atoms with Gasteiger partial charge in [0.2, 0.25) is 0 Å². The van der Waals surface area contributed by atoms with Gasteiger partial charge in [-0.15, -0.1) is 5.53 Å². The average molecular weight is 583 g/mol. The van der Waals surface area contributed by atoms with E-state index < -0.39 is 6.02 Å². The fourth-order valence-corrected chi connectivity index (χ4v) is 5.49. The van der Waals surface area contributed by atoms with Crippen LogP contribution in [-0.4, -0.2) is 16.0 Å². The van der Waals surface area contributed by atoms with Crippen LogP contribution in [0.1, 0.15) is 63.7 Å². The molecule has 7 nitrogen and oxygen atoms in total. The molecule has 0 bridgehead atoms. The van der Waals surface area contributed by atoms with Crippen LogP contribution in [0.4, 0.5) is 15.8 Å². The van der Waals surface area contributed by atoms with E-state index in [1.165, 1.54) is 18.3 Å². The number of pyridine rings is 1. The van der Waals surface area contributed by atoms with Crippen molar-refractivity contribution in [3.8, 4) is 6.07 Å². The van der Waals surface area contributed by atoms with Crippen molar-refractivity contribution in [1.29, 1.82) is 5.26 Å². The van der Waals surface area contributed by atoms with E-state index in [0.717, 1.165) is 18.4 Å². The van der Waals surface area contributed by atoms with E-state index >= 15 is 0 Å². The van der Waals surface area contributed by atoms with Gasteiger partial charge in [-0.25, -0.2) is 4.39 Å². The molecule has 6 rings (SSSR count). The summed E-state index contributed by atoms with van der Waals surface area (Å²) in [5, 5.41) is 20.1. The van der Waals surface area contributed by atoms with E-state index in [-0.39, 0.29) is 17.3 Å². The Morgan fingerprint density at radius 1 is 1.10 bits per heavy atom. The third-order valence-corrected chi connectivity index (χ3v) is 7.82. The van der Waals surface area contributed by atoms with Gasteiger partial charge in [0.25, 0.3) is 0 Å². The zero-order valence-corrected chi connectivity index (χ0v) is 24.4. The number of rotatable bonds is 8. The Bertz CT molecular complexity index is 1730. The summed E-state index contributed by atoms with van der Waals surface area (Å²) in [5.74, 6) is -0.386. The van der Waals surface area contributed by atoms with Crippen LogP contribution in [-0.2, 0) is 0 Å². The van der Waals surface area contributed by atoms with Gasteiger partial charge in [0, 0.05) is 29.5 Å². The fraction of sp³-hybridized carbons (Fsp3) is 0.273. The van der Waals surface area contributed by atoms with Crippen molar-refractivity contribution in [3.05, 3.63) is 112 Å². The molecule has 1 saturated carbocycles. The molecule has 4 aromatic rings. The Kier molecular flexibility index (Phi) is 7.06. The Labute approximate surface area is 251 Å². The lowest BCUT2D eigenvalue weighted by atomic mass is 9.82. The number of nitrogens with one attached hydrogen (secondary N) is 4. The number of aromatic nitrogens is 1. The minimum atomic E-state index is -1.53. The standard InChI is InChI=1S/C33H33ClFN7/c1-33(2,3)32(21-7-5-4-6-8-21)39-29-22(17-36)18-37-31-26(29)15-24(16-27(31)34)38-30(20-9-11-23(35)12-10-20)28-19-42(41-40-28)25-13-14-25/h4-12,15-16,18-19,25,30,32,38,40-41H,13-14H2,1-3H3,(H,37,39)/t30-,32?/m0/s1/i30D. The van der Waals surface area contributed by atoms with Crippen molar-refractivity contribution >= 4 is 33.9 Å². The van der Waals surface area contributed by atoms with Crippen molar-refractivity contribution in [3.63, 3.8) is 0 Å². The van der Waals surface area contributed by atoms with Crippen LogP contribution in [0.2, 0.25) is 5.02 Å². The number of nitriles is 1. The fourth-order valence-electron chi connectivity index (χ4n) is 5.22. The van der Waals surface area contributed by atoms with E-state index in [1.54, 1.807) is 18.2 Å². The molecule has 1 unspecified atom stereocenters. The van der Waals surface area contributed by atoms with E-state index in [1.807, 2.05) is 35.5 Å². The summed E-state index contributed by atoms with van der Waals surface area (Å²) in [5.41, 5.74) is 10.3. The summed E-state index contributed by atoms with van der Waals surface area (Å²) >= 11 is 6.83. The number of benzene rings is 3. The predicted molar refractivity (Wildman–Crippen MR) is 166 cm³/mol. The van der Waals surface area contributed by atoms with Gasteiger partial charge in [0.05, 0.1) is 40.9 Å². The molecule has 0 radical (unpaired) electrons. The zero-order chi connectivity index (χ0) is 30.4. The van der Waals surface area contributed by atoms with E-state index in [9.17, 15) is 11.0 Å². The van der Waals surface area contributed by atoms with Gasteiger partial charge >= 0.3 is 0 Å². The molecule has 2 aliphatic rings. The lowest BCUT2D eigenvalue weighted by Crippen LogP contribution is -2.38. The van der Waals surface area contributed by atoms with Gasteiger partial charge in [-0.05, 0) is 53.6 Å². The molecule has 2 heterocycles. The van der Waals surface area contributed by atoms with Crippen molar-refractivity contribution in [2.24, 2.45) is 5.41 Å². The average Bonchev–Trinajstić information content (AvgIpc) is 3.71. The van der Waals surface area contributed by atoms with Crippen molar-refractivity contribution in [1.82, 2.24) is 21.0 Å². The Hall–Kier alpha value is -4.32. The van der Waals surface area contributed by atoms with Crippen LogP contribution < -0.4 is 21.6 Å². The molecule has 0 saturated heterocycles. The van der Waals surface area contributed by atoms with E-state index in [2.05, 4.69) is 65.6 Å². The second kappa shape index (κ2) is 11.2. The molecule has 0 amide bonds. The lowest BCUT2D eigenvalue weighted by molar-refractivity contribution is 0.260. The molecule has 0 spiro atoms. The monoisotopic (exact) mass is 582 g/mol. The topological polar surface area (TPSA) is 88.0 Å². The Morgan fingerprint density at radius 3 is 2.50 bits per heavy atom. The van der Waals surface area contributed by atoms with Gasteiger partial charge in [-0.1, -0.05) is 74.8 Å². The molecule has 2 atom stereocenters. The molecule has 1 fully saturated rings. The van der Waals surface area contributed by atoms with Gasteiger partial charge in [-0.2, -0.15) is 5.26 Å². The van der Waals surface area contributed by atoms with Crippen LogP contribution >= 0.6 is 11.6 Å². The summed E-state index contributed by atoms with van der Waals surface area (Å²) in [6.45, 7) is 6.43. The Morgan fingerprint density at radius 2 is 1.83 bits per heavy atom. The molecular weight excluding hydrogens is 549 g/mol. The summed E-state index contributed by atoms with van der Waals surface area (Å²) in [7, 11) is 0. The number of hydrogen-bond donors (Lipinski definition) is 4. The normalized spacial score (nSPS) is 17.5. The third kappa shape index (κ3) is 5.71. The van der Waals surface area contributed by atoms with Crippen LogP contribution in [0.3, 0.4) is 0 Å². The minimum absolute atomic E-state index is 0.136. The summed E-state index contributed by atoms with van der Waals surface area (Å²) in [4.78, 5) is 4.52. The summed E-state index contributed by atoms with van der Waals surface area (Å²) < 4.78 is 23.6. The molecule has 42 heavy (non-hydrogen) atoms. The highest BCUT2D eigenvalue weighted by Gasteiger charge is 2.32. The zero-order valence-electron chi connectivity index (χ0n) is 24.7. The maximum atomic E-state index is 13.9. The van der Waals surface area contributed by atoms with Crippen LogP contribution in [0, 0.1) is 22.6 Å². The highest BCUT2D eigenvalue weighted by Crippen LogP contribution is 2.41. The molecule has 4 N–H and O–H groups in total. The molecule has 1 aromatic heterocycles. The minimum Gasteiger partial charge on any atom is -0.376 e. The first-order valence-corrected chi connectivity index (χ1v) is 14.3. The highest BCUT2D eigenvalue weighted by molar-refractivity contribution is 6.35. The SMILES string of the molecule is [2H][C@@](Nc1cc(Cl)c2ncc(C#N)c(NC(c3ccccc3)C(C)(C)C)c2c1)(C1=CN(C2CC2)NN1)c1ccc(F)cc1. The maximum absolute atomic E-state index is 13.9. The maximum Gasteiger partial charge on any atom is 0.123 e. The van der Waals surface area contributed by atoms with Crippen LogP contribution in [0.15, 0.2) is 84.8 Å². The van der Waals surface area contributed by atoms with Crippen LogP contribution in [0.5, 0.6) is 0 Å².